The summed E-state index contributed by atoms with van der Waals surface area (Å²) in [5, 5.41) is 5.77. The number of hydrogen-bond acceptors (Lipinski definition) is 2. The number of hydrogen-bond donors (Lipinski definition) is 3. The molecule has 20 heavy (non-hydrogen) atoms. The van der Waals surface area contributed by atoms with E-state index in [0.717, 1.165) is 30.1 Å². The molecule has 0 spiro atoms. The van der Waals surface area contributed by atoms with Gasteiger partial charge in [0.05, 0.1) is 0 Å². The highest BCUT2D eigenvalue weighted by atomic mass is 16.2. The molecule has 1 aromatic rings. The van der Waals surface area contributed by atoms with Crippen molar-refractivity contribution in [1.82, 2.24) is 5.32 Å². The molecule has 1 aliphatic rings. The summed E-state index contributed by atoms with van der Waals surface area (Å²) in [6.07, 6.45) is 7.82. The quantitative estimate of drug-likeness (QED) is 0.772. The Morgan fingerprint density at radius 1 is 1.15 bits per heavy atom. The lowest BCUT2D eigenvalue weighted by molar-refractivity contribution is 0.250. The molecule has 0 aliphatic heterocycles. The van der Waals surface area contributed by atoms with Crippen LogP contribution in [-0.4, -0.2) is 12.6 Å². The van der Waals surface area contributed by atoms with E-state index < -0.39 is 0 Å². The van der Waals surface area contributed by atoms with Crippen LogP contribution in [0.5, 0.6) is 0 Å². The lowest BCUT2D eigenvalue weighted by Crippen LogP contribution is -2.30. The van der Waals surface area contributed by atoms with Crippen LogP contribution in [0.25, 0.3) is 0 Å². The van der Waals surface area contributed by atoms with Gasteiger partial charge in [0.15, 0.2) is 0 Å². The van der Waals surface area contributed by atoms with E-state index in [1.54, 1.807) is 0 Å². The van der Waals surface area contributed by atoms with Crippen LogP contribution in [0, 0.1) is 5.92 Å². The summed E-state index contributed by atoms with van der Waals surface area (Å²) in [6, 6.07) is 7.49. The second-order valence-corrected chi connectivity index (χ2v) is 5.57. The van der Waals surface area contributed by atoms with Crippen molar-refractivity contribution in [3.63, 3.8) is 0 Å². The van der Waals surface area contributed by atoms with Gasteiger partial charge in [-0.2, -0.15) is 0 Å². The zero-order valence-electron chi connectivity index (χ0n) is 12.0. The number of carbonyl (C=O) groups excluding carboxylic acids is 1. The van der Waals surface area contributed by atoms with Crippen LogP contribution in [0.2, 0.25) is 0 Å². The minimum absolute atomic E-state index is 0.124. The number of nitrogens with one attached hydrogen (secondary N) is 2. The van der Waals surface area contributed by atoms with Crippen molar-refractivity contribution in [3.8, 4) is 0 Å². The number of amides is 2. The molecule has 1 aliphatic carbocycles. The maximum atomic E-state index is 11.8. The summed E-state index contributed by atoms with van der Waals surface area (Å²) in [4.78, 5) is 11.8. The molecule has 1 saturated carbocycles. The second-order valence-electron chi connectivity index (χ2n) is 5.57. The van der Waals surface area contributed by atoms with Crippen molar-refractivity contribution in [3.05, 3.63) is 29.8 Å². The minimum atomic E-state index is -0.124. The first-order valence-electron chi connectivity index (χ1n) is 7.62. The minimum Gasteiger partial charge on any atom is -0.338 e. The molecule has 0 aromatic heterocycles. The first-order valence-corrected chi connectivity index (χ1v) is 7.62. The third-order valence-corrected chi connectivity index (χ3v) is 4.01. The highest BCUT2D eigenvalue weighted by Gasteiger charge is 2.13. The van der Waals surface area contributed by atoms with E-state index >= 15 is 0 Å². The van der Waals surface area contributed by atoms with Crippen LogP contribution in [0.3, 0.4) is 0 Å². The predicted octanol–water partition coefficient (Wildman–Crippen LogP) is 3.24. The summed E-state index contributed by atoms with van der Waals surface area (Å²) >= 11 is 0. The number of carbonyl (C=O) groups is 1. The molecule has 4 heteroatoms. The molecule has 0 heterocycles. The van der Waals surface area contributed by atoms with Crippen LogP contribution >= 0.6 is 0 Å². The molecular formula is C16H25N3O. The van der Waals surface area contributed by atoms with Gasteiger partial charge in [0, 0.05) is 18.8 Å². The Balaban J connectivity index is 1.66. The zero-order valence-corrected chi connectivity index (χ0v) is 12.0. The van der Waals surface area contributed by atoms with E-state index in [-0.39, 0.29) is 6.03 Å². The maximum Gasteiger partial charge on any atom is 0.319 e. The van der Waals surface area contributed by atoms with Gasteiger partial charge in [0.2, 0.25) is 0 Å². The lowest BCUT2D eigenvalue weighted by atomic mass is 9.87. The standard InChI is InChI=1S/C16H25N3O/c17-12-14-6-8-15(9-7-14)19-16(20)18-11-10-13-4-2-1-3-5-13/h6-9,13H,1-5,10-12,17H2,(H2,18,19,20). The fraction of sp³-hybridized carbons (Fsp3) is 0.562. The van der Waals surface area contributed by atoms with Gasteiger partial charge in [-0.15, -0.1) is 0 Å². The van der Waals surface area contributed by atoms with Crippen LogP contribution in [0.4, 0.5) is 10.5 Å². The molecule has 110 valence electrons. The van der Waals surface area contributed by atoms with Crippen molar-refractivity contribution < 1.29 is 4.79 Å². The second kappa shape index (κ2) is 7.90. The Labute approximate surface area is 121 Å². The van der Waals surface area contributed by atoms with Crippen LogP contribution in [0.1, 0.15) is 44.1 Å². The highest BCUT2D eigenvalue weighted by Crippen LogP contribution is 2.25. The molecular weight excluding hydrogens is 250 g/mol. The van der Waals surface area contributed by atoms with Crippen LogP contribution < -0.4 is 16.4 Å². The van der Waals surface area contributed by atoms with E-state index in [0.29, 0.717) is 6.54 Å². The van der Waals surface area contributed by atoms with Crippen LogP contribution in [0.15, 0.2) is 24.3 Å². The number of rotatable bonds is 5. The fourth-order valence-corrected chi connectivity index (χ4v) is 2.77. The Hall–Kier alpha value is -1.55. The van der Waals surface area contributed by atoms with E-state index in [2.05, 4.69) is 10.6 Å². The largest absolute Gasteiger partial charge is 0.338 e. The summed E-state index contributed by atoms with van der Waals surface area (Å²) in [7, 11) is 0. The predicted molar refractivity (Wildman–Crippen MR) is 82.5 cm³/mol. The van der Waals surface area contributed by atoms with Gasteiger partial charge in [0.25, 0.3) is 0 Å². The molecule has 2 rings (SSSR count). The number of urea groups is 1. The smallest absolute Gasteiger partial charge is 0.319 e. The summed E-state index contributed by atoms with van der Waals surface area (Å²) in [5.41, 5.74) is 7.40. The van der Waals surface area contributed by atoms with Gasteiger partial charge in [0.1, 0.15) is 0 Å². The number of anilines is 1. The summed E-state index contributed by atoms with van der Waals surface area (Å²) in [6.45, 7) is 1.28. The van der Waals surface area contributed by atoms with Gasteiger partial charge < -0.3 is 16.4 Å². The fourth-order valence-electron chi connectivity index (χ4n) is 2.77. The Bertz CT molecular complexity index is 410. The van der Waals surface area contributed by atoms with Crippen molar-refractivity contribution >= 4 is 11.7 Å². The topological polar surface area (TPSA) is 67.1 Å². The van der Waals surface area contributed by atoms with Gasteiger partial charge in [-0.05, 0) is 30.0 Å². The van der Waals surface area contributed by atoms with E-state index in [9.17, 15) is 4.79 Å². The van der Waals surface area contributed by atoms with Crippen molar-refractivity contribution in [2.24, 2.45) is 11.7 Å². The Kier molecular flexibility index (Phi) is 5.87. The Morgan fingerprint density at radius 2 is 1.85 bits per heavy atom. The molecule has 4 nitrogen and oxygen atoms in total. The van der Waals surface area contributed by atoms with E-state index in [1.807, 2.05) is 24.3 Å². The maximum absolute atomic E-state index is 11.8. The monoisotopic (exact) mass is 275 g/mol. The molecule has 0 saturated heterocycles. The van der Waals surface area contributed by atoms with Crippen molar-refractivity contribution in [1.29, 1.82) is 0 Å². The first-order chi connectivity index (χ1) is 9.78. The van der Waals surface area contributed by atoms with Crippen LogP contribution in [-0.2, 0) is 6.54 Å². The Morgan fingerprint density at radius 3 is 2.50 bits per heavy atom. The van der Waals surface area contributed by atoms with Gasteiger partial charge >= 0.3 is 6.03 Å². The first kappa shape index (κ1) is 14.9. The highest BCUT2D eigenvalue weighted by molar-refractivity contribution is 5.89. The summed E-state index contributed by atoms with van der Waals surface area (Å²) < 4.78 is 0. The average molecular weight is 275 g/mol. The van der Waals surface area contributed by atoms with Crippen molar-refractivity contribution in [2.75, 3.05) is 11.9 Å². The number of nitrogens with two attached hydrogens (primary N) is 1. The third-order valence-electron chi connectivity index (χ3n) is 4.01. The summed E-state index contributed by atoms with van der Waals surface area (Å²) in [5.74, 6) is 0.799. The van der Waals surface area contributed by atoms with Gasteiger partial charge in [-0.3, -0.25) is 0 Å². The normalized spacial score (nSPS) is 15.8. The van der Waals surface area contributed by atoms with E-state index in [4.69, 9.17) is 5.73 Å². The molecule has 0 radical (unpaired) electrons. The van der Waals surface area contributed by atoms with E-state index in [1.165, 1.54) is 32.1 Å². The molecule has 0 unspecified atom stereocenters. The molecule has 4 N–H and O–H groups in total. The van der Waals surface area contributed by atoms with Gasteiger partial charge in [-0.1, -0.05) is 44.2 Å². The average Bonchev–Trinajstić information content (AvgIpc) is 2.49. The lowest BCUT2D eigenvalue weighted by Gasteiger charge is -2.21. The molecule has 1 fully saturated rings. The zero-order chi connectivity index (χ0) is 14.2. The number of benzene rings is 1. The molecule has 0 bridgehead atoms. The van der Waals surface area contributed by atoms with Crippen molar-refractivity contribution in [2.45, 2.75) is 45.1 Å². The SMILES string of the molecule is NCc1ccc(NC(=O)NCCC2CCCCC2)cc1. The molecule has 2 amide bonds. The third kappa shape index (κ3) is 4.85. The van der Waals surface area contributed by atoms with Gasteiger partial charge in [-0.25, -0.2) is 4.79 Å². The molecule has 1 aromatic carbocycles. The molecule has 0 atom stereocenters.